The Kier molecular flexibility index (Phi) is 6.05. The van der Waals surface area contributed by atoms with Gasteiger partial charge in [0.2, 0.25) is 0 Å². The maximum Gasteiger partial charge on any atom is 0.262 e. The Labute approximate surface area is 188 Å². The lowest BCUT2D eigenvalue weighted by atomic mass is 10.1. The van der Waals surface area contributed by atoms with Crippen molar-refractivity contribution in [2.45, 2.75) is 4.90 Å². The van der Waals surface area contributed by atoms with Crippen LogP contribution in [-0.2, 0) is 10.0 Å². The Bertz CT molecular complexity index is 1330. The van der Waals surface area contributed by atoms with Gasteiger partial charge in [0.05, 0.1) is 10.6 Å². The van der Waals surface area contributed by atoms with Crippen molar-refractivity contribution < 1.29 is 8.42 Å². The molecule has 0 radical (unpaired) electrons. The minimum Gasteiger partial charge on any atom is -0.368 e. The van der Waals surface area contributed by atoms with Gasteiger partial charge in [-0.1, -0.05) is 60.7 Å². The minimum atomic E-state index is -3.74. The molecule has 0 atom stereocenters. The van der Waals surface area contributed by atoms with Gasteiger partial charge in [0.1, 0.15) is 0 Å². The molecule has 160 valence electrons. The third kappa shape index (κ3) is 4.06. The first kappa shape index (κ1) is 21.4. The second kappa shape index (κ2) is 8.75. The molecule has 1 fully saturated rings. The molecule has 4 aromatic rings. The summed E-state index contributed by atoms with van der Waals surface area (Å²) < 4.78 is 29.5. The van der Waals surface area contributed by atoms with Gasteiger partial charge in [-0.2, -0.15) is 0 Å². The van der Waals surface area contributed by atoms with Crippen LogP contribution in [0.15, 0.2) is 83.8 Å². The monoisotopic (exact) mass is 453 g/mol. The van der Waals surface area contributed by atoms with Crippen LogP contribution in [0.5, 0.6) is 0 Å². The van der Waals surface area contributed by atoms with Crippen molar-refractivity contribution in [3.8, 4) is 0 Å². The van der Waals surface area contributed by atoms with Crippen LogP contribution in [0.25, 0.3) is 21.5 Å². The predicted molar refractivity (Wildman–Crippen MR) is 131 cm³/mol. The van der Waals surface area contributed by atoms with Gasteiger partial charge >= 0.3 is 0 Å². The van der Waals surface area contributed by atoms with E-state index in [-0.39, 0.29) is 17.3 Å². The summed E-state index contributed by atoms with van der Waals surface area (Å²) in [5.41, 5.74) is 1.73. The Morgan fingerprint density at radius 2 is 1.39 bits per heavy atom. The molecule has 0 aliphatic carbocycles. The summed E-state index contributed by atoms with van der Waals surface area (Å²) in [6, 6.07) is 24.8. The molecule has 1 heterocycles. The van der Waals surface area contributed by atoms with E-state index in [2.05, 4.69) is 21.0 Å². The fourth-order valence-corrected chi connectivity index (χ4v) is 5.49. The van der Waals surface area contributed by atoms with Crippen LogP contribution in [0.2, 0.25) is 0 Å². The number of fused-ring (bicyclic) bond motifs is 2. The van der Waals surface area contributed by atoms with E-state index in [1.807, 2.05) is 60.7 Å². The molecule has 0 aromatic heterocycles. The number of anilines is 2. The topological polar surface area (TPSA) is 61.4 Å². The van der Waals surface area contributed by atoms with Crippen LogP contribution in [-0.4, -0.2) is 34.6 Å². The number of halogens is 1. The molecular weight excluding hydrogens is 430 g/mol. The fourth-order valence-electron chi connectivity index (χ4n) is 4.18. The zero-order valence-electron chi connectivity index (χ0n) is 16.9. The molecule has 1 saturated heterocycles. The number of hydrogen-bond acceptors (Lipinski definition) is 4. The molecule has 5 rings (SSSR count). The van der Waals surface area contributed by atoms with Crippen LogP contribution in [0.3, 0.4) is 0 Å². The second-order valence-corrected chi connectivity index (χ2v) is 9.15. The lowest BCUT2D eigenvalue weighted by molar-refractivity contribution is 0.590. The first-order valence-electron chi connectivity index (χ1n) is 10.1. The molecule has 0 unspecified atom stereocenters. The first-order chi connectivity index (χ1) is 14.6. The summed E-state index contributed by atoms with van der Waals surface area (Å²) in [5, 5.41) is 6.95. The van der Waals surface area contributed by atoms with E-state index in [4.69, 9.17) is 0 Å². The minimum absolute atomic E-state index is 0. The van der Waals surface area contributed by atoms with Crippen LogP contribution < -0.4 is 14.9 Å². The van der Waals surface area contributed by atoms with Gasteiger partial charge in [0, 0.05) is 48.0 Å². The van der Waals surface area contributed by atoms with E-state index in [0.29, 0.717) is 11.1 Å². The summed E-state index contributed by atoms with van der Waals surface area (Å²) in [4.78, 5) is 2.64. The Balaban J connectivity index is 0.00000231. The third-order valence-electron chi connectivity index (χ3n) is 5.64. The van der Waals surface area contributed by atoms with Gasteiger partial charge in [-0.05, 0) is 23.6 Å². The van der Waals surface area contributed by atoms with E-state index >= 15 is 0 Å². The molecule has 0 bridgehead atoms. The van der Waals surface area contributed by atoms with Crippen LogP contribution in [0.4, 0.5) is 11.4 Å². The summed E-state index contributed by atoms with van der Waals surface area (Å²) in [7, 11) is -3.74. The zero-order chi connectivity index (χ0) is 20.6. The first-order valence-corrected chi connectivity index (χ1v) is 11.6. The van der Waals surface area contributed by atoms with E-state index in [1.54, 1.807) is 12.1 Å². The van der Waals surface area contributed by atoms with Gasteiger partial charge in [0.25, 0.3) is 10.0 Å². The zero-order valence-corrected chi connectivity index (χ0v) is 18.5. The molecular formula is C24H24ClN3O2S. The van der Waals surface area contributed by atoms with Gasteiger partial charge < -0.3 is 10.2 Å². The molecule has 0 spiro atoms. The van der Waals surface area contributed by atoms with Crippen LogP contribution in [0.1, 0.15) is 0 Å². The largest absolute Gasteiger partial charge is 0.368 e. The molecule has 5 nitrogen and oxygen atoms in total. The number of nitrogens with zero attached hydrogens (tertiary/aromatic N) is 1. The van der Waals surface area contributed by atoms with Crippen molar-refractivity contribution >= 4 is 55.3 Å². The molecule has 2 N–H and O–H groups in total. The van der Waals surface area contributed by atoms with E-state index < -0.39 is 10.0 Å². The standard InChI is InChI=1S/C24H23N3O2S.ClH/c28-30(29,24-11-5-7-18-6-1-2-8-19(18)24)26-22-12-13-23(27-16-14-25-15-17-27)21-10-4-3-9-20(21)22;/h1-13,25-26H,14-17H2;1H. The highest BCUT2D eigenvalue weighted by atomic mass is 35.5. The molecule has 0 saturated carbocycles. The molecule has 0 amide bonds. The number of benzene rings is 4. The molecule has 1 aliphatic heterocycles. The van der Waals surface area contributed by atoms with Gasteiger partial charge in [-0.15, -0.1) is 12.4 Å². The van der Waals surface area contributed by atoms with Crippen LogP contribution >= 0.6 is 12.4 Å². The van der Waals surface area contributed by atoms with Gasteiger partial charge in [-0.3, -0.25) is 4.72 Å². The number of rotatable bonds is 4. The fraction of sp³-hybridized carbons (Fsp3) is 0.167. The van der Waals surface area contributed by atoms with E-state index in [0.717, 1.165) is 48.0 Å². The Morgan fingerprint density at radius 3 is 2.16 bits per heavy atom. The van der Waals surface area contributed by atoms with E-state index in [9.17, 15) is 8.42 Å². The second-order valence-electron chi connectivity index (χ2n) is 7.50. The summed E-state index contributed by atoms with van der Waals surface area (Å²) in [6.45, 7) is 3.77. The Morgan fingerprint density at radius 1 is 0.742 bits per heavy atom. The van der Waals surface area contributed by atoms with Gasteiger partial charge in [0.15, 0.2) is 0 Å². The maximum absolute atomic E-state index is 13.3. The van der Waals surface area contributed by atoms with E-state index in [1.165, 1.54) is 0 Å². The van der Waals surface area contributed by atoms with Crippen LogP contribution in [0, 0.1) is 0 Å². The molecule has 4 aromatic carbocycles. The highest BCUT2D eigenvalue weighted by Gasteiger charge is 2.20. The maximum atomic E-state index is 13.3. The lowest BCUT2D eigenvalue weighted by Gasteiger charge is -2.30. The third-order valence-corrected chi connectivity index (χ3v) is 7.07. The Hall–Kier alpha value is -2.80. The van der Waals surface area contributed by atoms with Crippen molar-refractivity contribution in [3.05, 3.63) is 78.9 Å². The van der Waals surface area contributed by atoms with Crippen molar-refractivity contribution in [2.75, 3.05) is 35.8 Å². The molecule has 1 aliphatic rings. The normalized spacial score (nSPS) is 14.4. The van der Waals surface area contributed by atoms with Crippen molar-refractivity contribution in [1.29, 1.82) is 0 Å². The molecule has 7 heteroatoms. The smallest absolute Gasteiger partial charge is 0.262 e. The highest BCUT2D eigenvalue weighted by Crippen LogP contribution is 2.34. The highest BCUT2D eigenvalue weighted by molar-refractivity contribution is 7.93. The van der Waals surface area contributed by atoms with Crippen molar-refractivity contribution in [3.63, 3.8) is 0 Å². The SMILES string of the molecule is Cl.O=S(=O)(Nc1ccc(N2CCNCC2)c2ccccc12)c1cccc2ccccc12. The summed E-state index contributed by atoms with van der Waals surface area (Å²) in [5.74, 6) is 0. The summed E-state index contributed by atoms with van der Waals surface area (Å²) >= 11 is 0. The average molecular weight is 454 g/mol. The number of hydrogen-bond donors (Lipinski definition) is 2. The quantitative estimate of drug-likeness (QED) is 0.473. The summed E-state index contributed by atoms with van der Waals surface area (Å²) in [6.07, 6.45) is 0. The average Bonchev–Trinajstić information content (AvgIpc) is 2.79. The predicted octanol–water partition coefficient (Wildman–Crippen LogP) is 4.63. The number of nitrogens with one attached hydrogen (secondary N) is 2. The van der Waals surface area contributed by atoms with Crippen molar-refractivity contribution in [1.82, 2.24) is 5.32 Å². The lowest BCUT2D eigenvalue weighted by Crippen LogP contribution is -2.43. The van der Waals surface area contributed by atoms with Crippen molar-refractivity contribution in [2.24, 2.45) is 0 Å². The molecule has 31 heavy (non-hydrogen) atoms. The van der Waals surface area contributed by atoms with Gasteiger partial charge in [-0.25, -0.2) is 8.42 Å². The number of sulfonamides is 1. The number of piperazine rings is 1.